The lowest BCUT2D eigenvalue weighted by molar-refractivity contribution is 0.360. The van der Waals surface area contributed by atoms with Gasteiger partial charge in [-0.2, -0.15) is 0 Å². The molecule has 0 spiro atoms. The molecule has 8 bridgehead atoms. The second-order valence-corrected chi connectivity index (χ2v) is 19.6. The first kappa shape index (κ1) is 42.3. The van der Waals surface area contributed by atoms with Gasteiger partial charge in [0.15, 0.2) is 0 Å². The summed E-state index contributed by atoms with van der Waals surface area (Å²) >= 11 is 0. The highest BCUT2D eigenvalue weighted by Gasteiger charge is 2.29. The van der Waals surface area contributed by atoms with E-state index in [9.17, 15) is 0 Å². The number of benzene rings is 4. The van der Waals surface area contributed by atoms with Crippen LogP contribution in [0, 0.1) is 24.7 Å². The minimum absolute atomic E-state index is 0.122. The zero-order chi connectivity index (χ0) is 41.4. The molecule has 56 heavy (non-hydrogen) atoms. The third-order valence-corrected chi connectivity index (χ3v) is 11.0. The van der Waals surface area contributed by atoms with Gasteiger partial charge < -0.3 is 18.9 Å². The van der Waals surface area contributed by atoms with E-state index in [-0.39, 0.29) is 34.9 Å². The van der Waals surface area contributed by atoms with E-state index in [1.807, 2.05) is 0 Å². The average molecular weight is 753 g/mol. The maximum Gasteiger partial charge on any atom is 0.148 e. The molecule has 4 aromatic carbocycles. The van der Waals surface area contributed by atoms with Gasteiger partial charge in [-0.1, -0.05) is 143 Å². The Kier molecular flexibility index (Phi) is 12.1. The predicted molar refractivity (Wildman–Crippen MR) is 234 cm³/mol. The number of hydrogen-bond acceptors (Lipinski definition) is 4. The molecule has 0 heterocycles. The van der Waals surface area contributed by atoms with Crippen LogP contribution in [0.4, 0.5) is 0 Å². The minimum Gasteiger partial charge on any atom is -0.496 e. The first-order chi connectivity index (χ1) is 26.1. The maximum absolute atomic E-state index is 6.60. The van der Waals surface area contributed by atoms with Crippen molar-refractivity contribution in [2.45, 2.75) is 130 Å². The van der Waals surface area contributed by atoms with Crippen molar-refractivity contribution in [1.29, 1.82) is 0 Å². The van der Waals surface area contributed by atoms with E-state index >= 15 is 0 Å². The zero-order valence-corrected chi connectivity index (χ0v) is 36.6. The molecule has 0 amide bonds. The van der Waals surface area contributed by atoms with E-state index in [1.54, 1.807) is 14.2 Å². The Morgan fingerprint density at radius 3 is 0.750 bits per heavy atom. The maximum atomic E-state index is 6.60. The van der Waals surface area contributed by atoms with Crippen molar-refractivity contribution >= 4 is 0 Å². The van der Waals surface area contributed by atoms with Gasteiger partial charge in [0.25, 0.3) is 0 Å². The summed E-state index contributed by atoms with van der Waals surface area (Å²) in [6.45, 7) is 27.5. The van der Waals surface area contributed by atoms with Crippen LogP contribution < -0.4 is 18.9 Å². The van der Waals surface area contributed by atoms with E-state index in [1.165, 1.54) is 22.3 Å². The first-order valence-corrected chi connectivity index (χ1v) is 19.9. The Morgan fingerprint density at radius 1 is 0.393 bits per heavy atom. The fourth-order valence-corrected chi connectivity index (χ4v) is 7.74. The van der Waals surface area contributed by atoms with E-state index in [4.69, 9.17) is 31.8 Å². The van der Waals surface area contributed by atoms with Crippen LogP contribution in [0.5, 0.6) is 23.0 Å². The zero-order valence-electron chi connectivity index (χ0n) is 36.6. The number of ether oxygens (including phenoxy) is 4. The number of methoxy groups -OCH3 is 2. The number of hydrogen-bond donors (Lipinski definition) is 0. The van der Waals surface area contributed by atoms with Crippen LogP contribution in [0.3, 0.4) is 0 Å². The highest BCUT2D eigenvalue weighted by Crippen LogP contribution is 2.44. The molecule has 4 aromatic rings. The summed E-state index contributed by atoms with van der Waals surface area (Å²) in [6.07, 6.45) is 14.1. The Hall–Kier alpha value is -4.80. The summed E-state index contributed by atoms with van der Waals surface area (Å²) < 4.78 is 26.0. The molecule has 0 atom stereocenters. The van der Waals surface area contributed by atoms with Crippen molar-refractivity contribution in [2.24, 2.45) is 0 Å². The van der Waals surface area contributed by atoms with E-state index in [2.05, 4.69) is 143 Å². The van der Waals surface area contributed by atoms with Crippen LogP contribution in [-0.2, 0) is 47.3 Å². The van der Waals surface area contributed by atoms with Gasteiger partial charge in [0.05, 0.1) is 14.2 Å². The molecule has 1 aliphatic carbocycles. The van der Waals surface area contributed by atoms with Crippen LogP contribution in [0.1, 0.15) is 150 Å². The largest absolute Gasteiger partial charge is 0.496 e. The van der Waals surface area contributed by atoms with Crippen LogP contribution in [0.15, 0.2) is 48.5 Å². The lowest BCUT2D eigenvalue weighted by atomic mass is 9.79. The third kappa shape index (κ3) is 9.24. The van der Waals surface area contributed by atoms with Gasteiger partial charge in [0.2, 0.25) is 0 Å². The van der Waals surface area contributed by atoms with Gasteiger partial charge in [-0.25, -0.2) is 0 Å². The van der Waals surface area contributed by atoms with E-state index < -0.39 is 0 Å². The lowest BCUT2D eigenvalue weighted by Gasteiger charge is -2.28. The molecule has 5 rings (SSSR count). The molecule has 0 N–H and O–H groups in total. The lowest BCUT2D eigenvalue weighted by Crippen LogP contribution is -2.17. The van der Waals surface area contributed by atoms with Crippen LogP contribution in [0.2, 0.25) is 0 Å². The molecule has 0 aliphatic heterocycles. The van der Waals surface area contributed by atoms with Gasteiger partial charge in [-0.3, -0.25) is 0 Å². The summed E-state index contributed by atoms with van der Waals surface area (Å²) in [5.74, 6) is 8.85. The second kappa shape index (κ2) is 16.0. The molecule has 0 aromatic heterocycles. The van der Waals surface area contributed by atoms with Crippen molar-refractivity contribution in [3.05, 3.63) is 115 Å². The van der Waals surface area contributed by atoms with Gasteiger partial charge in [-0.05, 0) is 88.4 Å². The highest BCUT2D eigenvalue weighted by atomic mass is 16.5. The topological polar surface area (TPSA) is 36.9 Å². The molecule has 4 nitrogen and oxygen atoms in total. The molecule has 4 heteroatoms. The third-order valence-electron chi connectivity index (χ3n) is 11.0. The Morgan fingerprint density at radius 2 is 0.589 bits per heavy atom. The predicted octanol–water partition coefficient (Wildman–Crippen LogP) is 11.6. The first-order valence-electron chi connectivity index (χ1n) is 19.9. The Bertz CT molecular complexity index is 1920. The molecular formula is C52H64O4. The molecular weight excluding hydrogens is 689 g/mol. The summed E-state index contributed by atoms with van der Waals surface area (Å²) in [5, 5.41) is 0. The fraction of sp³-hybridized carbons (Fsp3) is 0.462. The summed E-state index contributed by atoms with van der Waals surface area (Å²) in [5.41, 5.74) is 13.1. The SMILES string of the molecule is C#CCOc1c2cc(C(C)(C)C)cc1Cc1cc(C(C)(C)C)cc(c1OC)Cc1cc(C(C)(C)C)cc(c1OCC#C)Cc1cc(C(C)(C)C)cc(c1OC)C2. The molecule has 0 saturated heterocycles. The van der Waals surface area contributed by atoms with Crippen LogP contribution >= 0.6 is 0 Å². The molecule has 0 fully saturated rings. The molecule has 296 valence electrons. The van der Waals surface area contributed by atoms with E-state index in [0.717, 1.165) is 67.5 Å². The van der Waals surface area contributed by atoms with Crippen LogP contribution in [0.25, 0.3) is 0 Å². The smallest absolute Gasteiger partial charge is 0.148 e. The summed E-state index contributed by atoms with van der Waals surface area (Å²) in [6, 6.07) is 18.5. The van der Waals surface area contributed by atoms with Crippen molar-refractivity contribution < 1.29 is 18.9 Å². The highest BCUT2D eigenvalue weighted by molar-refractivity contribution is 5.60. The summed E-state index contributed by atoms with van der Waals surface area (Å²) in [4.78, 5) is 0. The number of rotatable bonds is 6. The molecule has 1 aliphatic rings. The number of fused-ring (bicyclic) bond motifs is 8. The second-order valence-electron chi connectivity index (χ2n) is 19.6. The molecule has 0 unspecified atom stereocenters. The van der Waals surface area contributed by atoms with Crippen molar-refractivity contribution in [3.8, 4) is 47.7 Å². The van der Waals surface area contributed by atoms with Crippen molar-refractivity contribution in [1.82, 2.24) is 0 Å². The van der Waals surface area contributed by atoms with Gasteiger partial charge >= 0.3 is 0 Å². The van der Waals surface area contributed by atoms with Crippen molar-refractivity contribution in [3.63, 3.8) is 0 Å². The number of terminal acetylenes is 2. The van der Waals surface area contributed by atoms with Gasteiger partial charge in [-0.15, -0.1) is 12.8 Å². The Labute approximate surface area is 338 Å². The Balaban J connectivity index is 2.00. The standard InChI is InChI=1S/C52H64O4/c1-17-19-55-47-37-21-33-25-41(49(3,4)5)27-35(45(33)53-15)23-39-31-44(52(12,13)14)32-40(48(39)56-20-18-2)24-36-28-42(50(6,7)8)26-34(46(36)54-16)22-38(47)30-43(29-37)51(9,10)11/h1-2,25-32H,19-24H2,3-16H3. The van der Waals surface area contributed by atoms with Gasteiger partial charge in [0.1, 0.15) is 36.2 Å². The molecule has 0 saturated carbocycles. The quantitative estimate of drug-likeness (QED) is 0.162. The monoisotopic (exact) mass is 752 g/mol. The van der Waals surface area contributed by atoms with Crippen LogP contribution in [-0.4, -0.2) is 27.4 Å². The molecule has 0 radical (unpaired) electrons. The minimum atomic E-state index is -0.123. The normalized spacial score (nSPS) is 13.4. The fourth-order valence-electron chi connectivity index (χ4n) is 7.74. The van der Waals surface area contributed by atoms with E-state index in [0.29, 0.717) is 25.7 Å². The average Bonchev–Trinajstić information content (AvgIpc) is 3.08. The van der Waals surface area contributed by atoms with Gasteiger partial charge in [0, 0.05) is 25.7 Å². The van der Waals surface area contributed by atoms with Crippen molar-refractivity contribution in [2.75, 3.05) is 27.4 Å². The summed E-state index contributed by atoms with van der Waals surface area (Å²) in [7, 11) is 3.56.